The van der Waals surface area contributed by atoms with Gasteiger partial charge in [0.25, 0.3) is 0 Å². The van der Waals surface area contributed by atoms with Gasteiger partial charge in [-0.2, -0.15) is 13.2 Å². The summed E-state index contributed by atoms with van der Waals surface area (Å²) in [7, 11) is 0. The smallest absolute Gasteiger partial charge is 0.475 e. The summed E-state index contributed by atoms with van der Waals surface area (Å²) in [6.07, 6.45) is 0.931. The number of rotatable bonds is 3. The fourth-order valence-corrected chi connectivity index (χ4v) is 4.83. The Kier molecular flexibility index (Phi) is 8.07. The largest absolute Gasteiger partial charge is 0.490 e. The average molecular weight is 473 g/mol. The number of ether oxygens (including phenoxy) is 1. The molecule has 0 aromatic carbocycles. The number of alkyl halides is 3. The number of aryl methyl sites for hydroxylation is 1. The number of aliphatic carboxylic acids is 1. The quantitative estimate of drug-likeness (QED) is 0.731. The van der Waals surface area contributed by atoms with Crippen molar-refractivity contribution in [3.8, 4) is 0 Å². The first-order valence-electron chi connectivity index (χ1n) is 10.3. The Hall–Kier alpha value is -2.24. The maximum Gasteiger partial charge on any atom is 0.490 e. The number of anilines is 1. The molecule has 1 N–H and O–H groups in total. The number of carboxylic acid groups (broad SMARTS) is 1. The van der Waals surface area contributed by atoms with Crippen LogP contribution in [-0.4, -0.2) is 71.5 Å². The molecule has 2 aromatic heterocycles. The molecule has 0 aliphatic carbocycles. The van der Waals surface area contributed by atoms with Gasteiger partial charge in [-0.05, 0) is 51.1 Å². The van der Waals surface area contributed by atoms with E-state index < -0.39 is 12.1 Å². The van der Waals surface area contributed by atoms with Crippen LogP contribution >= 0.6 is 11.3 Å². The van der Waals surface area contributed by atoms with Gasteiger partial charge in [-0.15, -0.1) is 11.3 Å². The summed E-state index contributed by atoms with van der Waals surface area (Å²) in [5, 5.41) is 7.12. The number of likely N-dealkylation sites (tertiary alicyclic amines) is 1. The molecule has 0 saturated carbocycles. The Morgan fingerprint density at radius 3 is 2.44 bits per heavy atom. The van der Waals surface area contributed by atoms with Crippen LogP contribution in [0.5, 0.6) is 0 Å². The van der Waals surface area contributed by atoms with Gasteiger partial charge in [0, 0.05) is 47.2 Å². The molecular formula is C21H27F3N4O3S. The molecular weight excluding hydrogens is 445 g/mol. The first-order valence-corrected chi connectivity index (χ1v) is 11.2. The number of aromatic nitrogens is 2. The number of hydrogen-bond acceptors (Lipinski definition) is 7. The summed E-state index contributed by atoms with van der Waals surface area (Å²) in [5.74, 6) is -1.92. The van der Waals surface area contributed by atoms with Crippen molar-refractivity contribution in [1.82, 2.24) is 14.9 Å². The van der Waals surface area contributed by atoms with Crippen LogP contribution < -0.4 is 4.90 Å². The monoisotopic (exact) mass is 472 g/mol. The van der Waals surface area contributed by atoms with E-state index >= 15 is 0 Å². The van der Waals surface area contributed by atoms with Gasteiger partial charge in [-0.1, -0.05) is 0 Å². The number of hydrogen-bond donors (Lipinski definition) is 1. The number of carboxylic acids is 1. The molecule has 2 fully saturated rings. The van der Waals surface area contributed by atoms with E-state index in [-0.39, 0.29) is 5.41 Å². The zero-order valence-corrected chi connectivity index (χ0v) is 18.7. The minimum atomic E-state index is -5.08. The van der Waals surface area contributed by atoms with Gasteiger partial charge in [0.2, 0.25) is 5.95 Å². The molecule has 4 rings (SSSR count). The van der Waals surface area contributed by atoms with E-state index in [0.717, 1.165) is 51.9 Å². The molecule has 176 valence electrons. The van der Waals surface area contributed by atoms with Crippen molar-refractivity contribution < 1.29 is 27.8 Å². The van der Waals surface area contributed by atoms with Crippen molar-refractivity contribution in [2.45, 2.75) is 32.5 Å². The highest BCUT2D eigenvalue weighted by Gasteiger charge is 2.39. The third kappa shape index (κ3) is 6.88. The summed E-state index contributed by atoms with van der Waals surface area (Å²) in [5.41, 5.74) is 0.234. The fourth-order valence-electron chi connectivity index (χ4n) is 3.90. The molecule has 11 heteroatoms. The van der Waals surface area contributed by atoms with E-state index in [2.05, 4.69) is 38.8 Å². The molecule has 1 spiro atoms. The number of carbonyl (C=O) groups is 1. The van der Waals surface area contributed by atoms with Crippen LogP contribution in [0.1, 0.15) is 22.6 Å². The molecule has 0 bridgehead atoms. The Balaban J connectivity index is 0.000000360. The summed E-state index contributed by atoms with van der Waals surface area (Å²) in [6, 6.07) is 6.37. The van der Waals surface area contributed by atoms with Crippen molar-refractivity contribution in [2.75, 3.05) is 44.3 Å². The van der Waals surface area contributed by atoms with Gasteiger partial charge in [0.15, 0.2) is 0 Å². The van der Waals surface area contributed by atoms with Crippen LogP contribution in [-0.2, 0) is 16.1 Å². The minimum Gasteiger partial charge on any atom is -0.475 e. The molecule has 7 nitrogen and oxygen atoms in total. The first kappa shape index (κ1) is 24.4. The van der Waals surface area contributed by atoms with Crippen molar-refractivity contribution in [3.05, 3.63) is 40.3 Å². The molecule has 0 unspecified atom stereocenters. The normalized spacial score (nSPS) is 19.2. The van der Waals surface area contributed by atoms with Crippen LogP contribution in [0.15, 0.2) is 30.6 Å². The maximum absolute atomic E-state index is 10.6. The Labute approximate surface area is 188 Å². The van der Waals surface area contributed by atoms with Crippen LogP contribution in [0, 0.1) is 12.3 Å². The van der Waals surface area contributed by atoms with E-state index in [0.29, 0.717) is 0 Å². The van der Waals surface area contributed by atoms with Gasteiger partial charge < -0.3 is 14.7 Å². The predicted molar refractivity (Wildman–Crippen MR) is 115 cm³/mol. The van der Waals surface area contributed by atoms with Gasteiger partial charge >= 0.3 is 12.1 Å². The molecule has 0 atom stereocenters. The Bertz CT molecular complexity index is 871. The lowest BCUT2D eigenvalue weighted by molar-refractivity contribution is -0.192. The fraction of sp³-hybridized carbons (Fsp3) is 0.571. The average Bonchev–Trinajstić information content (AvgIpc) is 3.05. The number of halogens is 3. The second-order valence-corrected chi connectivity index (χ2v) is 9.49. The zero-order valence-electron chi connectivity index (χ0n) is 17.8. The highest BCUT2D eigenvalue weighted by atomic mass is 32.1. The zero-order chi connectivity index (χ0) is 23.2. The second-order valence-electron chi connectivity index (χ2n) is 8.11. The van der Waals surface area contributed by atoms with Gasteiger partial charge in [0.05, 0.1) is 13.2 Å². The molecule has 2 aliphatic heterocycles. The van der Waals surface area contributed by atoms with E-state index in [9.17, 15) is 13.2 Å². The highest BCUT2D eigenvalue weighted by Crippen LogP contribution is 2.35. The van der Waals surface area contributed by atoms with Crippen molar-refractivity contribution in [2.24, 2.45) is 5.41 Å². The Morgan fingerprint density at radius 1 is 1.22 bits per heavy atom. The molecule has 2 aromatic rings. The van der Waals surface area contributed by atoms with Gasteiger partial charge in [-0.25, -0.2) is 14.8 Å². The Morgan fingerprint density at radius 2 is 1.88 bits per heavy atom. The van der Waals surface area contributed by atoms with Crippen LogP contribution in [0.25, 0.3) is 0 Å². The van der Waals surface area contributed by atoms with E-state index in [4.69, 9.17) is 14.6 Å². The van der Waals surface area contributed by atoms with Crippen molar-refractivity contribution in [1.29, 1.82) is 0 Å². The summed E-state index contributed by atoms with van der Waals surface area (Å²) >= 11 is 1.92. The maximum atomic E-state index is 10.6. The van der Waals surface area contributed by atoms with Crippen molar-refractivity contribution in [3.63, 3.8) is 0 Å². The number of piperidine rings is 1. The van der Waals surface area contributed by atoms with Crippen molar-refractivity contribution >= 4 is 23.3 Å². The SMILES string of the molecule is Cc1ccc(CN2CCC3(CC2)COCCN(c2ncccn2)C3)s1.O=C(O)C(F)(F)F. The highest BCUT2D eigenvalue weighted by molar-refractivity contribution is 7.11. The molecule has 0 amide bonds. The number of thiophene rings is 1. The van der Waals surface area contributed by atoms with Gasteiger partial charge in [-0.3, -0.25) is 4.90 Å². The first-order chi connectivity index (χ1) is 15.2. The van der Waals surface area contributed by atoms with E-state index in [1.807, 2.05) is 29.8 Å². The van der Waals surface area contributed by atoms with Crippen LogP contribution in [0.4, 0.5) is 19.1 Å². The summed E-state index contributed by atoms with van der Waals surface area (Å²) in [6.45, 7) is 9.06. The summed E-state index contributed by atoms with van der Waals surface area (Å²) < 4.78 is 37.7. The summed E-state index contributed by atoms with van der Waals surface area (Å²) in [4.78, 5) is 25.6. The van der Waals surface area contributed by atoms with Gasteiger partial charge in [0.1, 0.15) is 0 Å². The molecule has 2 aliphatic rings. The topological polar surface area (TPSA) is 78.8 Å². The predicted octanol–water partition coefficient (Wildman–Crippen LogP) is 3.60. The van der Waals surface area contributed by atoms with E-state index in [1.165, 1.54) is 22.6 Å². The third-order valence-electron chi connectivity index (χ3n) is 5.61. The van der Waals surface area contributed by atoms with E-state index in [1.54, 1.807) is 0 Å². The third-order valence-corrected chi connectivity index (χ3v) is 6.60. The van der Waals surface area contributed by atoms with Crippen LogP contribution in [0.2, 0.25) is 0 Å². The van der Waals surface area contributed by atoms with Crippen LogP contribution in [0.3, 0.4) is 0 Å². The molecule has 2 saturated heterocycles. The lowest BCUT2D eigenvalue weighted by atomic mass is 9.78. The second kappa shape index (κ2) is 10.6. The lowest BCUT2D eigenvalue weighted by Gasteiger charge is -2.42. The minimum absolute atomic E-state index is 0.234. The molecule has 32 heavy (non-hydrogen) atoms. The molecule has 0 radical (unpaired) electrons. The number of nitrogens with zero attached hydrogens (tertiary/aromatic N) is 4. The molecule has 4 heterocycles. The standard InChI is InChI=1S/C19H26N4OS.C2HF3O2/c1-16-3-4-17(25-16)13-22-9-5-19(6-10-22)14-23(11-12-24-15-19)18-20-7-2-8-21-18;3-2(4,5)1(6)7/h2-4,7-8H,5-6,9-15H2,1H3;(H,6,7). The lowest BCUT2D eigenvalue weighted by Crippen LogP contribution is -2.47.